The van der Waals surface area contributed by atoms with Gasteiger partial charge < -0.3 is 19.8 Å². The summed E-state index contributed by atoms with van der Waals surface area (Å²) >= 11 is 12.5. The van der Waals surface area contributed by atoms with Crippen molar-refractivity contribution in [2.24, 2.45) is 0 Å². The molecule has 5 rings (SSSR count). The van der Waals surface area contributed by atoms with Crippen molar-refractivity contribution in [3.8, 4) is 11.5 Å². The quantitative estimate of drug-likeness (QED) is 0.430. The normalized spacial score (nSPS) is 16.4. The molecule has 3 aromatic rings. The topological polar surface area (TPSA) is 70.0 Å². The molecule has 1 unspecified atom stereocenters. The maximum absolute atomic E-state index is 13.1. The number of allylic oxidation sites excluding steroid dienone is 1. The Balaban J connectivity index is 1.51. The van der Waals surface area contributed by atoms with Crippen molar-refractivity contribution in [1.29, 1.82) is 0 Å². The van der Waals surface area contributed by atoms with E-state index < -0.39 is 6.10 Å². The third-order valence-electron chi connectivity index (χ3n) is 6.22. The first kappa shape index (κ1) is 24.2. The number of ether oxygens (including phenoxy) is 1. The lowest BCUT2D eigenvalue weighted by Crippen LogP contribution is -2.26. The van der Waals surface area contributed by atoms with Gasteiger partial charge in [0.05, 0.1) is 10.1 Å². The van der Waals surface area contributed by atoms with E-state index in [1.807, 2.05) is 37.3 Å². The Morgan fingerprint density at radius 2 is 1.83 bits per heavy atom. The molecule has 1 atom stereocenters. The minimum Gasteiger partial charge on any atom is -0.506 e. The highest BCUT2D eigenvalue weighted by molar-refractivity contribution is 6.32. The van der Waals surface area contributed by atoms with Crippen LogP contribution < -0.4 is 4.74 Å². The molecule has 7 heteroatoms. The van der Waals surface area contributed by atoms with Crippen LogP contribution in [0.15, 0.2) is 89.2 Å². The Kier molecular flexibility index (Phi) is 6.39. The molecular formula is C29H23Cl2NO4. The molecule has 0 fully saturated rings. The number of hydrogen-bond donors (Lipinski definition) is 2. The molecule has 1 heterocycles. The highest BCUT2D eigenvalue weighted by atomic mass is 35.5. The van der Waals surface area contributed by atoms with Gasteiger partial charge >= 0.3 is 0 Å². The van der Waals surface area contributed by atoms with Gasteiger partial charge in [-0.15, -0.1) is 0 Å². The number of benzene rings is 3. The lowest BCUT2D eigenvalue weighted by atomic mass is 9.87. The van der Waals surface area contributed by atoms with Crippen molar-refractivity contribution in [1.82, 2.24) is 4.90 Å². The highest BCUT2D eigenvalue weighted by Crippen LogP contribution is 2.47. The number of carbonyl (C=O) groups is 1. The number of fused-ring (bicyclic) bond motifs is 2. The molecule has 0 radical (unpaired) electrons. The Labute approximate surface area is 219 Å². The molecular weight excluding hydrogens is 497 g/mol. The van der Waals surface area contributed by atoms with Crippen LogP contribution in [0.4, 0.5) is 0 Å². The second-order valence-electron chi connectivity index (χ2n) is 8.92. The van der Waals surface area contributed by atoms with Gasteiger partial charge in [-0.3, -0.25) is 4.79 Å². The van der Waals surface area contributed by atoms with Gasteiger partial charge in [0.2, 0.25) is 0 Å². The van der Waals surface area contributed by atoms with Gasteiger partial charge in [-0.2, -0.15) is 0 Å². The van der Waals surface area contributed by atoms with Crippen molar-refractivity contribution in [3.05, 3.63) is 122 Å². The van der Waals surface area contributed by atoms with Crippen LogP contribution in [0.3, 0.4) is 0 Å². The number of aliphatic hydroxyl groups excluding tert-OH is 1. The lowest BCUT2D eigenvalue weighted by molar-refractivity contribution is 0.0785. The van der Waals surface area contributed by atoms with Crippen molar-refractivity contribution < 1.29 is 19.7 Å². The molecule has 1 amide bonds. The van der Waals surface area contributed by atoms with Crippen LogP contribution >= 0.6 is 23.2 Å². The maximum Gasteiger partial charge on any atom is 0.253 e. The van der Waals surface area contributed by atoms with Gasteiger partial charge in [0, 0.05) is 41.9 Å². The molecule has 1 aliphatic carbocycles. The van der Waals surface area contributed by atoms with Crippen molar-refractivity contribution in [2.45, 2.75) is 19.6 Å². The second-order valence-corrected chi connectivity index (χ2v) is 9.77. The van der Waals surface area contributed by atoms with Gasteiger partial charge in [-0.25, -0.2) is 0 Å². The molecule has 2 aliphatic rings. The summed E-state index contributed by atoms with van der Waals surface area (Å²) < 4.78 is 5.96. The second kappa shape index (κ2) is 9.51. The Hall–Kier alpha value is -3.51. The summed E-state index contributed by atoms with van der Waals surface area (Å²) in [5, 5.41) is 20.8. The van der Waals surface area contributed by atoms with Crippen LogP contribution in [0, 0.1) is 6.92 Å². The Bertz CT molecular complexity index is 1470. The first-order chi connectivity index (χ1) is 17.2. The minimum absolute atomic E-state index is 0.0923. The highest BCUT2D eigenvalue weighted by Gasteiger charge is 2.30. The molecule has 0 aromatic heterocycles. The standard InChI is InChI=1S/C29H23Cl2NO4/c1-16-4-3-5-17(10-16)15-32(2)29(35)19-8-6-18(7-9-19)28-20-11-22(30)24(33)13-26(20)36-27-14-25(34)23(31)12-21(27)28/h3-14,24,33-34H,15H2,1-2H3. The zero-order chi connectivity index (χ0) is 25.6. The maximum atomic E-state index is 13.1. The number of aliphatic hydroxyl groups is 1. The summed E-state index contributed by atoms with van der Waals surface area (Å²) in [5.41, 5.74) is 5.68. The van der Waals surface area contributed by atoms with Gasteiger partial charge in [0.15, 0.2) is 0 Å². The van der Waals surface area contributed by atoms with E-state index in [0.717, 1.165) is 22.3 Å². The molecule has 1 aliphatic heterocycles. The van der Waals surface area contributed by atoms with Crippen LogP contribution in [0.25, 0.3) is 5.57 Å². The van der Waals surface area contributed by atoms with E-state index in [1.165, 1.54) is 12.1 Å². The number of rotatable bonds is 4. The zero-order valence-electron chi connectivity index (χ0n) is 19.6. The summed E-state index contributed by atoms with van der Waals surface area (Å²) in [6.07, 6.45) is 2.19. The predicted octanol–water partition coefficient (Wildman–Crippen LogP) is 6.20. The van der Waals surface area contributed by atoms with E-state index in [-0.39, 0.29) is 21.7 Å². The van der Waals surface area contributed by atoms with Crippen molar-refractivity contribution in [2.75, 3.05) is 7.05 Å². The van der Waals surface area contributed by atoms with E-state index >= 15 is 0 Å². The summed E-state index contributed by atoms with van der Waals surface area (Å²) in [4.78, 5) is 14.8. The third kappa shape index (κ3) is 4.53. The van der Waals surface area contributed by atoms with E-state index in [0.29, 0.717) is 34.8 Å². The fraction of sp³-hybridized carbons (Fsp3) is 0.138. The number of phenols is 1. The number of halogens is 2. The predicted molar refractivity (Wildman–Crippen MR) is 141 cm³/mol. The summed E-state index contributed by atoms with van der Waals surface area (Å²) in [7, 11) is 1.78. The number of nitrogens with zero attached hydrogens (tertiary/aromatic N) is 1. The van der Waals surface area contributed by atoms with Crippen LogP contribution in [0.1, 0.15) is 32.6 Å². The van der Waals surface area contributed by atoms with E-state index in [9.17, 15) is 15.0 Å². The molecule has 3 aromatic carbocycles. The molecule has 5 nitrogen and oxygen atoms in total. The van der Waals surface area contributed by atoms with E-state index in [4.69, 9.17) is 27.9 Å². The van der Waals surface area contributed by atoms with Gasteiger partial charge in [0.1, 0.15) is 23.4 Å². The number of phenolic OH excluding ortho intramolecular Hbond substituents is 1. The summed E-state index contributed by atoms with van der Waals surface area (Å²) in [5.74, 6) is 0.624. The van der Waals surface area contributed by atoms with Crippen LogP contribution in [-0.2, 0) is 6.54 Å². The lowest BCUT2D eigenvalue weighted by Gasteiger charge is -2.28. The van der Waals surface area contributed by atoms with Crippen LogP contribution in [0.2, 0.25) is 5.02 Å². The average molecular weight is 520 g/mol. The van der Waals surface area contributed by atoms with Gasteiger partial charge in [-0.1, -0.05) is 65.2 Å². The first-order valence-electron chi connectivity index (χ1n) is 11.3. The van der Waals surface area contributed by atoms with E-state index in [1.54, 1.807) is 36.2 Å². The fourth-order valence-electron chi connectivity index (χ4n) is 4.44. The fourth-order valence-corrected chi connectivity index (χ4v) is 4.78. The Morgan fingerprint density at radius 1 is 1.08 bits per heavy atom. The monoisotopic (exact) mass is 519 g/mol. The molecule has 36 heavy (non-hydrogen) atoms. The first-order valence-corrected chi connectivity index (χ1v) is 12.1. The SMILES string of the molecule is Cc1cccc(CN(C)C(=O)c2ccc(C3=C4C=C(Cl)C(O)C=C4Oc4cc(O)c(Cl)cc43)cc2)c1. The van der Waals surface area contributed by atoms with Gasteiger partial charge in [0.25, 0.3) is 5.91 Å². The molecule has 2 N–H and O–H groups in total. The summed E-state index contributed by atoms with van der Waals surface area (Å²) in [6, 6.07) is 18.4. The van der Waals surface area contributed by atoms with Crippen molar-refractivity contribution >= 4 is 34.7 Å². The smallest absolute Gasteiger partial charge is 0.253 e. The largest absolute Gasteiger partial charge is 0.506 e. The summed E-state index contributed by atoms with van der Waals surface area (Å²) in [6.45, 7) is 2.53. The zero-order valence-corrected chi connectivity index (χ0v) is 21.1. The number of aryl methyl sites for hydroxylation is 1. The third-order valence-corrected chi connectivity index (χ3v) is 6.85. The molecule has 0 saturated carbocycles. The molecule has 182 valence electrons. The average Bonchev–Trinajstić information content (AvgIpc) is 2.84. The Morgan fingerprint density at radius 3 is 2.56 bits per heavy atom. The number of aromatic hydroxyl groups is 1. The van der Waals surface area contributed by atoms with Crippen molar-refractivity contribution in [3.63, 3.8) is 0 Å². The molecule has 0 spiro atoms. The van der Waals surface area contributed by atoms with E-state index in [2.05, 4.69) is 6.07 Å². The van der Waals surface area contributed by atoms with Crippen LogP contribution in [-0.4, -0.2) is 34.2 Å². The van der Waals surface area contributed by atoms with Crippen LogP contribution in [0.5, 0.6) is 11.5 Å². The molecule has 0 saturated heterocycles. The number of amides is 1. The number of hydrogen-bond acceptors (Lipinski definition) is 4. The number of carbonyl (C=O) groups excluding carboxylic acids is 1. The van der Waals surface area contributed by atoms with Gasteiger partial charge in [-0.05, 0) is 48.4 Å². The minimum atomic E-state index is -0.988. The molecule has 0 bridgehead atoms.